The molecule has 4 N–H and O–H groups in total. The fourth-order valence-electron chi connectivity index (χ4n) is 4.53. The molecule has 210 valence electrons. The van der Waals surface area contributed by atoms with Crippen LogP contribution in [0.5, 0.6) is 0 Å². The lowest BCUT2D eigenvalue weighted by Crippen LogP contribution is -2.60. The van der Waals surface area contributed by atoms with Crippen LogP contribution in [0.15, 0.2) is 24.3 Å². The number of carbonyl (C=O) groups is 2. The van der Waals surface area contributed by atoms with E-state index in [1.165, 1.54) is 12.1 Å². The minimum atomic E-state index is -4.57. The van der Waals surface area contributed by atoms with Crippen LogP contribution >= 0.6 is 11.6 Å². The Morgan fingerprint density at radius 3 is 2.13 bits per heavy atom. The second-order valence-corrected chi connectivity index (χ2v) is 15.9. The average Bonchev–Trinajstić information content (AvgIpc) is 2.76. The Balaban J connectivity index is 1.66. The third-order valence-corrected chi connectivity index (χ3v) is 9.60. The van der Waals surface area contributed by atoms with Crippen LogP contribution in [0.25, 0.3) is 10.9 Å². The van der Waals surface area contributed by atoms with Crippen LogP contribution in [0.3, 0.4) is 0 Å². The summed E-state index contributed by atoms with van der Waals surface area (Å²) in [5.74, 6) is 0. The maximum Gasteiger partial charge on any atom is 0.433 e. The third-order valence-electron chi connectivity index (χ3n) is 6.39. The molecule has 38 heavy (non-hydrogen) atoms. The zero-order chi connectivity index (χ0) is 28.5. The summed E-state index contributed by atoms with van der Waals surface area (Å²) in [7, 11) is -2.42. The predicted molar refractivity (Wildman–Crippen MR) is 148 cm³/mol. The smallest absolute Gasteiger partial charge is 0.382 e. The Kier molecular flexibility index (Phi) is 8.92. The van der Waals surface area contributed by atoms with Gasteiger partial charge < -0.3 is 20.9 Å². The van der Waals surface area contributed by atoms with E-state index in [1.807, 2.05) is 41.5 Å². The number of nitrogens with one attached hydrogen (secondary N) is 4. The van der Waals surface area contributed by atoms with Crippen molar-refractivity contribution in [2.24, 2.45) is 0 Å². The first kappa shape index (κ1) is 30.0. The number of fused-ring (bicyclic) bond motifs is 1. The molecule has 1 saturated carbocycles. The van der Waals surface area contributed by atoms with Gasteiger partial charge in [0.05, 0.1) is 5.52 Å². The average molecular weight is 572 g/mol. The highest BCUT2D eigenvalue weighted by molar-refractivity contribution is 6.91. The van der Waals surface area contributed by atoms with Gasteiger partial charge in [0.15, 0.2) is 0 Å². The van der Waals surface area contributed by atoms with E-state index in [0.29, 0.717) is 41.8 Å². The van der Waals surface area contributed by atoms with Crippen molar-refractivity contribution in [3.05, 3.63) is 35.0 Å². The summed E-state index contributed by atoms with van der Waals surface area (Å²) >= 11 is 6.11. The van der Waals surface area contributed by atoms with Gasteiger partial charge in [0, 0.05) is 33.7 Å². The molecule has 1 aromatic heterocycles. The molecule has 0 saturated heterocycles. The van der Waals surface area contributed by atoms with Gasteiger partial charge in [-0.3, -0.25) is 4.79 Å². The summed E-state index contributed by atoms with van der Waals surface area (Å²) in [5.41, 5.74) is -0.949. The summed E-state index contributed by atoms with van der Waals surface area (Å²) < 4.78 is 40.4. The van der Waals surface area contributed by atoms with Crippen LogP contribution in [0.1, 0.15) is 72.9 Å². The zero-order valence-corrected chi connectivity index (χ0v) is 24.6. The molecule has 7 nitrogen and oxygen atoms in total. The quantitative estimate of drug-likeness (QED) is 0.306. The Morgan fingerprint density at radius 1 is 0.974 bits per heavy atom. The highest BCUT2D eigenvalue weighted by Gasteiger charge is 2.38. The van der Waals surface area contributed by atoms with Crippen molar-refractivity contribution >= 4 is 48.7 Å². The number of anilines is 1. The number of carbonyl (C=O) groups excluding carboxylic acids is 2. The SMILES string of the molecule is CC(C)(C)NC(=O)N[Si@H](C(=O)NC1CCC(Nc2cc(C(F)(F)F)nc3ccc(Cl)cc23)CC1)C(C)(C)C. The molecule has 1 aliphatic rings. The number of hydrogen-bond acceptors (Lipinski definition) is 4. The molecular formula is C26H37ClF3N5O2Si. The largest absolute Gasteiger partial charge is 0.433 e. The summed E-state index contributed by atoms with van der Waals surface area (Å²) in [5, 5.41) is 9.80. The molecule has 0 unspecified atom stereocenters. The Morgan fingerprint density at radius 2 is 1.58 bits per heavy atom. The van der Waals surface area contributed by atoms with E-state index in [4.69, 9.17) is 11.6 Å². The fourth-order valence-corrected chi connectivity index (χ4v) is 6.79. The first-order chi connectivity index (χ1) is 17.4. The van der Waals surface area contributed by atoms with Gasteiger partial charge in [0.1, 0.15) is 5.69 Å². The Bertz CT molecular complexity index is 1170. The van der Waals surface area contributed by atoms with Gasteiger partial charge in [-0.2, -0.15) is 13.2 Å². The van der Waals surface area contributed by atoms with Crippen LogP contribution in [0.2, 0.25) is 10.1 Å². The summed E-state index contributed by atoms with van der Waals surface area (Å²) in [6, 6.07) is 5.15. The molecular weight excluding hydrogens is 535 g/mol. The van der Waals surface area contributed by atoms with Crippen molar-refractivity contribution in [2.45, 2.75) is 96.1 Å². The van der Waals surface area contributed by atoms with Crippen LogP contribution in [0.4, 0.5) is 28.4 Å². The van der Waals surface area contributed by atoms with E-state index in [1.54, 1.807) is 6.07 Å². The number of urea groups is 1. The number of amides is 3. The monoisotopic (exact) mass is 571 g/mol. The van der Waals surface area contributed by atoms with Crippen molar-refractivity contribution in [1.29, 1.82) is 0 Å². The van der Waals surface area contributed by atoms with Crippen molar-refractivity contribution in [3.63, 3.8) is 0 Å². The van der Waals surface area contributed by atoms with Gasteiger partial charge in [0.25, 0.3) is 0 Å². The Labute approximate surface area is 228 Å². The molecule has 12 heteroatoms. The van der Waals surface area contributed by atoms with E-state index >= 15 is 0 Å². The third kappa shape index (κ3) is 8.23. The first-order valence-corrected chi connectivity index (χ1v) is 14.9. The molecule has 1 aromatic carbocycles. The highest BCUT2D eigenvalue weighted by Crippen LogP contribution is 2.35. The highest BCUT2D eigenvalue weighted by atomic mass is 35.5. The number of rotatable bonds is 5. The second kappa shape index (κ2) is 11.3. The predicted octanol–water partition coefficient (Wildman–Crippen LogP) is 6.54. The molecule has 3 rings (SSSR count). The van der Waals surface area contributed by atoms with Gasteiger partial charge >= 0.3 is 12.2 Å². The lowest BCUT2D eigenvalue weighted by molar-refractivity contribution is -0.140. The van der Waals surface area contributed by atoms with Crippen molar-refractivity contribution in [1.82, 2.24) is 20.6 Å². The molecule has 2 aromatic rings. The minimum absolute atomic E-state index is 0.0693. The molecule has 1 atom stereocenters. The maximum atomic E-state index is 13.5. The van der Waals surface area contributed by atoms with E-state index in [-0.39, 0.29) is 34.2 Å². The minimum Gasteiger partial charge on any atom is -0.382 e. The molecule has 0 bridgehead atoms. The molecule has 0 aliphatic heterocycles. The van der Waals surface area contributed by atoms with Crippen molar-refractivity contribution in [3.8, 4) is 0 Å². The second-order valence-electron chi connectivity index (χ2n) is 12.1. The summed E-state index contributed by atoms with van der Waals surface area (Å²) in [6.45, 7) is 11.5. The summed E-state index contributed by atoms with van der Waals surface area (Å²) in [6.07, 6.45) is -1.91. The standard InChI is InChI=1S/C26H37ClF3N5O2Si/c1-24(2,3)34-22(36)35-38(25(4,5)6)23(37)32-17-10-8-16(9-11-17)31-20-14-21(26(28,29)30)33-19-12-7-15(27)13-18(19)20/h7,12-14,16-17,38H,8-11H2,1-6H3,(H,31,33)(H,32,37)(H2,34,35,36)/t16?,17?,38-/m1/s1. The van der Waals surface area contributed by atoms with Crippen LogP contribution in [0, 0.1) is 0 Å². The van der Waals surface area contributed by atoms with Gasteiger partial charge in [0.2, 0.25) is 14.5 Å². The zero-order valence-electron chi connectivity index (χ0n) is 22.6. The Hall–Kier alpha value is -2.53. The molecule has 0 spiro atoms. The van der Waals surface area contributed by atoms with E-state index in [0.717, 1.165) is 6.07 Å². The number of alkyl halides is 3. The number of nitrogens with zero attached hydrogens (tertiary/aromatic N) is 1. The molecule has 3 amide bonds. The topological polar surface area (TPSA) is 95.2 Å². The van der Waals surface area contributed by atoms with Crippen LogP contribution in [-0.2, 0) is 6.18 Å². The lowest BCUT2D eigenvalue weighted by Gasteiger charge is -2.34. The van der Waals surface area contributed by atoms with Crippen LogP contribution in [-0.4, -0.2) is 43.1 Å². The van der Waals surface area contributed by atoms with Gasteiger partial charge in [-0.15, -0.1) is 0 Å². The van der Waals surface area contributed by atoms with Gasteiger partial charge in [-0.25, -0.2) is 9.78 Å². The van der Waals surface area contributed by atoms with Gasteiger partial charge in [-0.1, -0.05) is 32.4 Å². The summed E-state index contributed by atoms with van der Waals surface area (Å²) in [4.78, 5) is 32.4. The fraction of sp³-hybridized carbons (Fsp3) is 0.577. The number of aromatic nitrogens is 1. The number of hydrogen-bond donors (Lipinski definition) is 4. The van der Waals surface area contributed by atoms with Gasteiger partial charge in [-0.05, 0) is 75.8 Å². The molecule has 1 aliphatic carbocycles. The number of benzene rings is 1. The number of pyridine rings is 1. The first-order valence-electron chi connectivity index (χ1n) is 12.8. The molecule has 1 heterocycles. The van der Waals surface area contributed by atoms with E-state index in [9.17, 15) is 22.8 Å². The molecule has 1 fully saturated rings. The normalized spacial score (nSPS) is 19.5. The molecule has 0 radical (unpaired) electrons. The van der Waals surface area contributed by atoms with Crippen molar-refractivity contribution < 1.29 is 22.8 Å². The maximum absolute atomic E-state index is 13.5. The van der Waals surface area contributed by atoms with E-state index in [2.05, 4.69) is 25.9 Å². The lowest BCUT2D eigenvalue weighted by atomic mass is 9.91. The number of halogens is 4. The van der Waals surface area contributed by atoms with Crippen molar-refractivity contribution in [2.75, 3.05) is 5.32 Å². The van der Waals surface area contributed by atoms with Crippen LogP contribution < -0.4 is 20.9 Å². The van der Waals surface area contributed by atoms with E-state index < -0.39 is 26.4 Å².